The molecule has 0 aliphatic carbocycles. The van der Waals surface area contributed by atoms with Crippen LogP contribution in [0, 0.1) is 0 Å². The van der Waals surface area contributed by atoms with Crippen molar-refractivity contribution in [3.05, 3.63) is 70.6 Å². The van der Waals surface area contributed by atoms with Crippen LogP contribution >= 0.6 is 15.9 Å². The third-order valence-electron chi connectivity index (χ3n) is 4.21. The molecule has 1 N–H and O–H groups in total. The number of nitrogens with one attached hydrogen (secondary N) is 1. The van der Waals surface area contributed by atoms with Crippen LogP contribution in [-0.2, 0) is 0 Å². The largest absolute Gasteiger partial charge is 0.497 e. The van der Waals surface area contributed by atoms with Crippen LogP contribution < -0.4 is 19.7 Å². The van der Waals surface area contributed by atoms with Gasteiger partial charge in [-0.3, -0.25) is 9.59 Å². The number of hydrogen-bond acceptors (Lipinski definition) is 5. The first-order valence-electron chi connectivity index (χ1n) is 8.59. The number of halogens is 1. The minimum atomic E-state index is -0.379. The topological polar surface area (TPSA) is 81.0 Å². The van der Waals surface area contributed by atoms with Crippen LogP contribution in [-0.4, -0.2) is 33.1 Å². The normalized spacial score (nSPS) is 10.3. The second-order valence-electron chi connectivity index (χ2n) is 6.04. The van der Waals surface area contributed by atoms with E-state index in [2.05, 4.69) is 21.2 Å². The zero-order valence-electron chi connectivity index (χ0n) is 16.1. The molecular weight excluding hydrogens is 440 g/mol. The van der Waals surface area contributed by atoms with Gasteiger partial charge >= 0.3 is 0 Å². The molecule has 0 fully saturated rings. The number of rotatable bonds is 6. The highest BCUT2D eigenvalue weighted by atomic mass is 79.9. The van der Waals surface area contributed by atoms with Crippen LogP contribution in [0.5, 0.6) is 11.5 Å². The Morgan fingerprint density at radius 1 is 1.00 bits per heavy atom. The number of para-hydroxylation sites is 1. The molecule has 0 bridgehead atoms. The van der Waals surface area contributed by atoms with Gasteiger partial charge < -0.3 is 24.1 Å². The molecule has 2 aromatic carbocycles. The van der Waals surface area contributed by atoms with Crippen molar-refractivity contribution >= 4 is 39.1 Å². The number of carbonyl (C=O) groups is 2. The monoisotopic (exact) mass is 458 g/mol. The van der Waals surface area contributed by atoms with E-state index in [1.807, 2.05) is 0 Å². The first kappa shape index (κ1) is 20.5. The molecule has 0 unspecified atom stereocenters. The lowest BCUT2D eigenvalue weighted by atomic mass is 10.1. The van der Waals surface area contributed by atoms with E-state index >= 15 is 0 Å². The van der Waals surface area contributed by atoms with Crippen LogP contribution in [0.15, 0.2) is 63.7 Å². The highest BCUT2D eigenvalue weighted by Crippen LogP contribution is 2.28. The summed E-state index contributed by atoms with van der Waals surface area (Å²) in [6.07, 6.45) is 0. The molecule has 2 amide bonds. The van der Waals surface area contributed by atoms with E-state index in [1.165, 1.54) is 19.1 Å². The fraction of sp³-hybridized carbons (Fsp3) is 0.143. The zero-order chi connectivity index (χ0) is 21.0. The number of amides is 2. The van der Waals surface area contributed by atoms with E-state index in [1.54, 1.807) is 61.6 Å². The number of furan rings is 1. The Hall–Kier alpha value is -3.26. The number of ether oxygens (including phenoxy) is 2. The number of methoxy groups -OCH3 is 2. The first-order valence-corrected chi connectivity index (χ1v) is 9.39. The van der Waals surface area contributed by atoms with Crippen LogP contribution in [0.25, 0.3) is 0 Å². The summed E-state index contributed by atoms with van der Waals surface area (Å²) in [6, 6.07) is 15.1. The van der Waals surface area contributed by atoms with Gasteiger partial charge in [-0.15, -0.1) is 0 Å². The van der Waals surface area contributed by atoms with Gasteiger partial charge in [0, 0.05) is 30.9 Å². The molecule has 0 atom stereocenters. The molecule has 3 rings (SSSR count). The highest BCUT2D eigenvalue weighted by molar-refractivity contribution is 9.10. The molecule has 1 heterocycles. The Morgan fingerprint density at radius 3 is 2.24 bits per heavy atom. The van der Waals surface area contributed by atoms with Crippen molar-refractivity contribution in [2.45, 2.75) is 0 Å². The quantitative estimate of drug-likeness (QED) is 0.584. The van der Waals surface area contributed by atoms with Crippen molar-refractivity contribution in [1.82, 2.24) is 0 Å². The van der Waals surface area contributed by atoms with Crippen LogP contribution in [0.2, 0.25) is 0 Å². The van der Waals surface area contributed by atoms with Gasteiger partial charge in [-0.05, 0) is 40.2 Å². The molecule has 8 heteroatoms. The molecule has 150 valence electrons. The maximum Gasteiger partial charge on any atom is 0.293 e. The SMILES string of the molecule is COc1cc(NC(=O)c2ccccc2N(C)C(=O)c2ccc(Br)o2)cc(OC)c1. The number of carbonyl (C=O) groups excluding carboxylic acids is 2. The molecule has 0 spiro atoms. The fourth-order valence-electron chi connectivity index (χ4n) is 2.74. The second kappa shape index (κ2) is 8.83. The second-order valence-corrected chi connectivity index (χ2v) is 6.82. The number of anilines is 2. The Morgan fingerprint density at radius 2 is 1.66 bits per heavy atom. The van der Waals surface area contributed by atoms with Gasteiger partial charge in [-0.2, -0.15) is 0 Å². The Kier molecular flexibility index (Phi) is 6.23. The van der Waals surface area contributed by atoms with Crippen molar-refractivity contribution in [2.75, 3.05) is 31.5 Å². The number of benzene rings is 2. The lowest BCUT2D eigenvalue weighted by Crippen LogP contribution is -2.28. The lowest BCUT2D eigenvalue weighted by molar-refractivity contribution is 0.0965. The van der Waals surface area contributed by atoms with E-state index in [4.69, 9.17) is 13.9 Å². The van der Waals surface area contributed by atoms with Crippen molar-refractivity contribution in [3.8, 4) is 11.5 Å². The van der Waals surface area contributed by atoms with E-state index in [-0.39, 0.29) is 17.6 Å². The Labute approximate surface area is 176 Å². The van der Waals surface area contributed by atoms with Crippen molar-refractivity contribution in [3.63, 3.8) is 0 Å². The molecule has 0 saturated carbocycles. The van der Waals surface area contributed by atoms with E-state index in [0.717, 1.165) is 0 Å². The predicted molar refractivity (Wildman–Crippen MR) is 113 cm³/mol. The fourth-order valence-corrected chi connectivity index (χ4v) is 3.05. The van der Waals surface area contributed by atoms with Crippen LogP contribution in [0.4, 0.5) is 11.4 Å². The maximum absolute atomic E-state index is 12.9. The standard InChI is InChI=1S/C21H19BrN2O5/c1-24(21(26)18-8-9-19(22)29-18)17-7-5-4-6-16(17)20(25)23-13-10-14(27-2)12-15(11-13)28-3/h4-12H,1-3H3,(H,23,25). The summed E-state index contributed by atoms with van der Waals surface area (Å²) in [4.78, 5) is 27.0. The van der Waals surface area contributed by atoms with Gasteiger partial charge in [-0.1, -0.05) is 12.1 Å². The van der Waals surface area contributed by atoms with Crippen molar-refractivity contribution < 1.29 is 23.5 Å². The van der Waals surface area contributed by atoms with Gasteiger partial charge in [0.05, 0.1) is 25.5 Å². The molecule has 0 aliphatic rings. The number of hydrogen-bond donors (Lipinski definition) is 1. The zero-order valence-corrected chi connectivity index (χ0v) is 17.6. The molecule has 7 nitrogen and oxygen atoms in total. The van der Waals surface area contributed by atoms with E-state index in [9.17, 15) is 9.59 Å². The van der Waals surface area contributed by atoms with Gasteiger partial charge in [0.15, 0.2) is 10.4 Å². The summed E-state index contributed by atoms with van der Waals surface area (Å²) in [5.41, 5.74) is 1.28. The smallest absolute Gasteiger partial charge is 0.293 e. The van der Waals surface area contributed by atoms with Crippen LogP contribution in [0.1, 0.15) is 20.9 Å². The van der Waals surface area contributed by atoms with Crippen molar-refractivity contribution in [1.29, 1.82) is 0 Å². The first-order chi connectivity index (χ1) is 13.9. The number of nitrogens with zero attached hydrogens (tertiary/aromatic N) is 1. The van der Waals surface area contributed by atoms with Gasteiger partial charge in [0.25, 0.3) is 11.8 Å². The predicted octanol–water partition coefficient (Wildman–Crippen LogP) is 4.59. The molecular formula is C21H19BrN2O5. The molecule has 0 radical (unpaired) electrons. The average Bonchev–Trinajstić information content (AvgIpc) is 3.18. The van der Waals surface area contributed by atoms with Crippen LogP contribution in [0.3, 0.4) is 0 Å². The Balaban J connectivity index is 1.88. The van der Waals surface area contributed by atoms with Gasteiger partial charge in [-0.25, -0.2) is 0 Å². The highest BCUT2D eigenvalue weighted by Gasteiger charge is 2.22. The summed E-state index contributed by atoms with van der Waals surface area (Å²) >= 11 is 3.18. The molecule has 1 aromatic heterocycles. The summed E-state index contributed by atoms with van der Waals surface area (Å²) in [5, 5.41) is 2.82. The summed E-state index contributed by atoms with van der Waals surface area (Å²) in [7, 11) is 4.64. The molecule has 0 aliphatic heterocycles. The average molecular weight is 459 g/mol. The summed E-state index contributed by atoms with van der Waals surface area (Å²) in [6.45, 7) is 0. The molecule has 0 saturated heterocycles. The molecule has 3 aromatic rings. The lowest BCUT2D eigenvalue weighted by Gasteiger charge is -2.19. The van der Waals surface area contributed by atoms with E-state index < -0.39 is 0 Å². The maximum atomic E-state index is 12.9. The third kappa shape index (κ3) is 4.60. The minimum absolute atomic E-state index is 0.159. The third-order valence-corrected chi connectivity index (χ3v) is 4.63. The van der Waals surface area contributed by atoms with Crippen molar-refractivity contribution in [2.24, 2.45) is 0 Å². The summed E-state index contributed by atoms with van der Waals surface area (Å²) < 4.78 is 16.2. The minimum Gasteiger partial charge on any atom is -0.497 e. The molecule has 29 heavy (non-hydrogen) atoms. The van der Waals surface area contributed by atoms with E-state index in [0.29, 0.717) is 33.1 Å². The van der Waals surface area contributed by atoms with Gasteiger partial charge in [0.1, 0.15) is 11.5 Å². The van der Waals surface area contributed by atoms with Gasteiger partial charge in [0.2, 0.25) is 0 Å². The summed E-state index contributed by atoms with van der Waals surface area (Å²) in [5.74, 6) is 0.495. The Bertz CT molecular complexity index is 1020.